The summed E-state index contributed by atoms with van der Waals surface area (Å²) in [5, 5.41) is 0. The zero-order valence-corrected chi connectivity index (χ0v) is 13.5. The summed E-state index contributed by atoms with van der Waals surface area (Å²) < 4.78 is 53.9. The summed E-state index contributed by atoms with van der Waals surface area (Å²) in [6, 6.07) is 8.90. The van der Waals surface area contributed by atoms with Crippen molar-refractivity contribution in [2.75, 3.05) is 0 Å². The van der Waals surface area contributed by atoms with Crippen LogP contribution in [0.2, 0.25) is 0 Å². The molecule has 0 aliphatic rings. The van der Waals surface area contributed by atoms with Crippen molar-refractivity contribution < 1.29 is 17.6 Å². The fourth-order valence-corrected chi connectivity index (χ4v) is 2.41. The van der Waals surface area contributed by atoms with E-state index in [1.807, 2.05) is 6.92 Å². The van der Waals surface area contributed by atoms with Crippen LogP contribution in [0.4, 0.5) is 17.6 Å². The lowest BCUT2D eigenvalue weighted by molar-refractivity contribution is -0.139. The van der Waals surface area contributed by atoms with Crippen LogP contribution in [0.3, 0.4) is 0 Å². The van der Waals surface area contributed by atoms with Gasteiger partial charge in [0.15, 0.2) is 0 Å². The van der Waals surface area contributed by atoms with Crippen molar-refractivity contribution >= 4 is 6.08 Å². The number of rotatable bonds is 4. The van der Waals surface area contributed by atoms with Crippen molar-refractivity contribution in [3.63, 3.8) is 0 Å². The van der Waals surface area contributed by atoms with E-state index in [-0.39, 0.29) is 12.1 Å². The molecular weight excluding hydrogens is 318 g/mol. The lowest BCUT2D eigenvalue weighted by Crippen LogP contribution is -2.19. The summed E-state index contributed by atoms with van der Waals surface area (Å²) in [5.41, 5.74) is 7.97. The van der Waals surface area contributed by atoms with Crippen molar-refractivity contribution in [2.24, 2.45) is 5.73 Å². The molecule has 2 rings (SSSR count). The third-order valence-electron chi connectivity index (χ3n) is 4.02. The van der Waals surface area contributed by atoms with Crippen LogP contribution in [0.15, 0.2) is 42.5 Å². The maximum atomic E-state index is 13.7. The molecule has 0 spiro atoms. The number of hydrogen-bond donors (Lipinski definition) is 1. The standard InChI is InChI=1S/C19H19F4N/c1-12-3-6-15(9-13(12)2)17(19(21,22)23)8-5-14-4-7-16(11-24)18(20)10-14/h3-10,17H,11,24H2,1-2H3/b8-5+. The Bertz CT molecular complexity index is 748. The van der Waals surface area contributed by atoms with E-state index in [0.29, 0.717) is 11.1 Å². The zero-order valence-electron chi connectivity index (χ0n) is 13.5. The molecule has 2 aromatic carbocycles. The zero-order chi connectivity index (χ0) is 17.9. The van der Waals surface area contributed by atoms with Crippen LogP contribution in [0.1, 0.15) is 33.7 Å². The summed E-state index contributed by atoms with van der Waals surface area (Å²) in [6.07, 6.45) is -2.08. The van der Waals surface area contributed by atoms with Gasteiger partial charge in [-0.3, -0.25) is 0 Å². The first-order valence-corrected chi connectivity index (χ1v) is 7.53. The number of aryl methyl sites for hydroxylation is 2. The van der Waals surface area contributed by atoms with Crippen molar-refractivity contribution in [3.05, 3.63) is 76.1 Å². The molecule has 0 fully saturated rings. The third-order valence-corrected chi connectivity index (χ3v) is 4.02. The molecule has 24 heavy (non-hydrogen) atoms. The molecule has 1 atom stereocenters. The van der Waals surface area contributed by atoms with Crippen molar-refractivity contribution in [1.82, 2.24) is 0 Å². The molecule has 0 aromatic heterocycles. The first-order chi connectivity index (χ1) is 11.2. The van der Waals surface area contributed by atoms with Crippen LogP contribution in [-0.2, 0) is 6.54 Å². The highest BCUT2D eigenvalue weighted by Gasteiger charge is 2.38. The fourth-order valence-electron chi connectivity index (χ4n) is 2.41. The van der Waals surface area contributed by atoms with Crippen molar-refractivity contribution in [3.8, 4) is 0 Å². The Morgan fingerprint density at radius 2 is 1.75 bits per heavy atom. The van der Waals surface area contributed by atoms with E-state index < -0.39 is 17.9 Å². The summed E-state index contributed by atoms with van der Waals surface area (Å²) in [7, 11) is 0. The van der Waals surface area contributed by atoms with Crippen molar-refractivity contribution in [1.29, 1.82) is 0 Å². The molecule has 0 bridgehead atoms. The quantitative estimate of drug-likeness (QED) is 0.757. The number of alkyl halides is 3. The molecule has 5 heteroatoms. The van der Waals surface area contributed by atoms with Gasteiger partial charge in [-0.15, -0.1) is 0 Å². The molecule has 0 aliphatic heterocycles. The van der Waals surface area contributed by atoms with Gasteiger partial charge in [0.05, 0.1) is 5.92 Å². The maximum absolute atomic E-state index is 13.7. The summed E-state index contributed by atoms with van der Waals surface area (Å²) in [5.74, 6) is -2.26. The first kappa shape index (κ1) is 18.2. The van der Waals surface area contributed by atoms with Crippen LogP contribution >= 0.6 is 0 Å². The van der Waals surface area contributed by atoms with E-state index in [9.17, 15) is 17.6 Å². The highest BCUT2D eigenvalue weighted by Crippen LogP contribution is 2.37. The first-order valence-electron chi connectivity index (χ1n) is 7.53. The van der Waals surface area contributed by atoms with Gasteiger partial charge in [-0.05, 0) is 42.2 Å². The smallest absolute Gasteiger partial charge is 0.326 e. The Labute approximate surface area is 138 Å². The predicted molar refractivity (Wildman–Crippen MR) is 88.0 cm³/mol. The number of nitrogens with two attached hydrogens (primary N) is 1. The third kappa shape index (κ3) is 4.23. The minimum absolute atomic E-state index is 0.0453. The number of halogens is 4. The Hall–Kier alpha value is -2.14. The topological polar surface area (TPSA) is 26.0 Å². The maximum Gasteiger partial charge on any atom is 0.399 e. The average molecular weight is 337 g/mol. The SMILES string of the molecule is Cc1ccc(C(/C=C/c2ccc(CN)c(F)c2)C(F)(F)F)cc1C. The molecular formula is C19H19F4N. The molecule has 0 radical (unpaired) electrons. The Balaban J connectivity index is 2.36. The lowest BCUT2D eigenvalue weighted by atomic mass is 9.94. The van der Waals surface area contributed by atoms with Crippen LogP contribution in [0.25, 0.3) is 6.08 Å². The summed E-state index contributed by atoms with van der Waals surface area (Å²) in [6.45, 7) is 3.67. The van der Waals surface area contributed by atoms with Gasteiger partial charge in [-0.25, -0.2) is 4.39 Å². The van der Waals surface area contributed by atoms with Gasteiger partial charge in [0.25, 0.3) is 0 Å². The highest BCUT2D eigenvalue weighted by atomic mass is 19.4. The van der Waals surface area contributed by atoms with E-state index >= 15 is 0 Å². The summed E-state index contributed by atoms with van der Waals surface area (Å²) >= 11 is 0. The van der Waals surface area contributed by atoms with Gasteiger partial charge in [-0.2, -0.15) is 13.2 Å². The van der Waals surface area contributed by atoms with E-state index in [4.69, 9.17) is 5.73 Å². The molecule has 1 nitrogen and oxygen atoms in total. The minimum Gasteiger partial charge on any atom is -0.326 e. The van der Waals surface area contributed by atoms with Crippen LogP contribution < -0.4 is 5.73 Å². The molecule has 0 saturated heterocycles. The number of allylic oxidation sites excluding steroid dienone is 1. The Morgan fingerprint density at radius 3 is 2.29 bits per heavy atom. The predicted octanol–water partition coefficient (Wildman–Crippen LogP) is 5.26. The second kappa shape index (κ2) is 7.18. The lowest BCUT2D eigenvalue weighted by Gasteiger charge is -2.18. The average Bonchev–Trinajstić information content (AvgIpc) is 2.50. The Morgan fingerprint density at radius 1 is 1.04 bits per heavy atom. The second-order valence-corrected chi connectivity index (χ2v) is 5.78. The van der Waals surface area contributed by atoms with Gasteiger partial charge in [0, 0.05) is 12.1 Å². The van der Waals surface area contributed by atoms with E-state index in [2.05, 4.69) is 0 Å². The van der Waals surface area contributed by atoms with E-state index in [1.54, 1.807) is 19.1 Å². The van der Waals surface area contributed by atoms with Gasteiger partial charge in [0.2, 0.25) is 0 Å². The molecule has 0 saturated carbocycles. The van der Waals surface area contributed by atoms with Gasteiger partial charge >= 0.3 is 6.18 Å². The van der Waals surface area contributed by atoms with Crippen LogP contribution in [-0.4, -0.2) is 6.18 Å². The highest BCUT2D eigenvalue weighted by molar-refractivity contribution is 5.52. The molecule has 128 valence electrons. The normalized spacial score (nSPS) is 13.5. The molecule has 2 aromatic rings. The minimum atomic E-state index is -4.42. The number of benzene rings is 2. The van der Waals surface area contributed by atoms with Crippen LogP contribution in [0, 0.1) is 19.7 Å². The molecule has 0 heterocycles. The largest absolute Gasteiger partial charge is 0.399 e. The van der Waals surface area contributed by atoms with Gasteiger partial charge < -0.3 is 5.73 Å². The monoisotopic (exact) mass is 337 g/mol. The molecule has 1 unspecified atom stereocenters. The molecule has 0 amide bonds. The second-order valence-electron chi connectivity index (χ2n) is 5.78. The fraction of sp³-hybridized carbons (Fsp3) is 0.263. The van der Waals surface area contributed by atoms with Crippen molar-refractivity contribution in [2.45, 2.75) is 32.5 Å². The van der Waals surface area contributed by atoms with Gasteiger partial charge in [0.1, 0.15) is 5.82 Å². The molecule has 2 N–H and O–H groups in total. The van der Waals surface area contributed by atoms with E-state index in [0.717, 1.165) is 17.2 Å². The Kier molecular flexibility index (Phi) is 5.44. The molecule has 0 aliphatic carbocycles. The summed E-state index contributed by atoms with van der Waals surface area (Å²) in [4.78, 5) is 0. The van der Waals surface area contributed by atoms with Gasteiger partial charge in [-0.1, -0.05) is 42.5 Å². The number of hydrogen-bond acceptors (Lipinski definition) is 1. The van der Waals surface area contributed by atoms with Crippen LogP contribution in [0.5, 0.6) is 0 Å². The van der Waals surface area contributed by atoms with E-state index in [1.165, 1.54) is 30.3 Å².